The minimum absolute atomic E-state index is 0.0708. The third-order valence-corrected chi connectivity index (χ3v) is 7.42. The van der Waals surface area contributed by atoms with Gasteiger partial charge in [0.15, 0.2) is 0 Å². The highest BCUT2D eigenvalue weighted by atomic mass is 35.5. The second-order valence-electron chi connectivity index (χ2n) is 10.9. The number of fused-ring (bicyclic) bond motifs is 1. The highest BCUT2D eigenvalue weighted by Gasteiger charge is 2.36. The molecule has 1 unspecified atom stereocenters. The van der Waals surface area contributed by atoms with E-state index in [0.29, 0.717) is 43.7 Å². The molecule has 0 aliphatic heterocycles. The van der Waals surface area contributed by atoms with Crippen molar-refractivity contribution < 1.29 is 23.9 Å². The summed E-state index contributed by atoms with van der Waals surface area (Å²) in [6.45, 7) is 7.69. The number of halogens is 3. The average Bonchev–Trinajstić information content (AvgIpc) is 3.31. The van der Waals surface area contributed by atoms with E-state index in [2.05, 4.69) is 10.3 Å². The van der Waals surface area contributed by atoms with Gasteiger partial charge in [0.05, 0.1) is 16.7 Å². The maximum atomic E-state index is 13.9. The van der Waals surface area contributed by atoms with Crippen molar-refractivity contribution in [1.82, 2.24) is 15.2 Å². The largest absolute Gasteiger partial charge is 0.489 e. The van der Waals surface area contributed by atoms with Gasteiger partial charge in [-0.2, -0.15) is 0 Å². The monoisotopic (exact) mass is 643 g/mol. The topological polar surface area (TPSA) is 101 Å². The van der Waals surface area contributed by atoms with Crippen LogP contribution in [0, 0.1) is 0 Å². The van der Waals surface area contributed by atoms with Crippen LogP contribution in [-0.2, 0) is 27.5 Å². The van der Waals surface area contributed by atoms with Crippen LogP contribution in [0.2, 0.25) is 15.1 Å². The third kappa shape index (κ3) is 8.02. The molecule has 8 nitrogen and oxygen atoms in total. The fourth-order valence-electron chi connectivity index (χ4n) is 4.61. The van der Waals surface area contributed by atoms with E-state index in [0.717, 1.165) is 11.1 Å². The summed E-state index contributed by atoms with van der Waals surface area (Å²) in [6, 6.07) is 16.3. The SMILES string of the molecule is CCOC(=O)c1[nH]c2cc(Cl)ccc2c1C(C(=O)NC(C)(C)C)N(C=O)Cc1ccc(OCc2ccc(Cl)c(Cl)c2)cc1. The lowest BCUT2D eigenvalue weighted by atomic mass is 9.98. The molecule has 1 atom stereocenters. The van der Waals surface area contributed by atoms with Crippen LogP contribution in [0.1, 0.15) is 60.9 Å². The Hall–Kier alpha value is -3.72. The molecule has 0 spiro atoms. The Kier molecular flexibility index (Phi) is 10.3. The van der Waals surface area contributed by atoms with Crippen molar-refractivity contribution in [1.29, 1.82) is 0 Å². The van der Waals surface area contributed by atoms with Gasteiger partial charge in [-0.05, 0) is 75.2 Å². The molecule has 1 aromatic heterocycles. The normalized spacial score (nSPS) is 12.1. The van der Waals surface area contributed by atoms with E-state index in [9.17, 15) is 14.4 Å². The van der Waals surface area contributed by atoms with Crippen LogP contribution in [-0.4, -0.2) is 40.3 Å². The number of amides is 2. The van der Waals surface area contributed by atoms with E-state index < -0.39 is 23.5 Å². The predicted octanol–water partition coefficient (Wildman–Crippen LogP) is 7.50. The number of nitrogens with one attached hydrogen (secondary N) is 2. The highest BCUT2D eigenvalue weighted by molar-refractivity contribution is 6.42. The number of carbonyl (C=O) groups excluding carboxylic acids is 3. The van der Waals surface area contributed by atoms with Crippen molar-refractivity contribution in [2.24, 2.45) is 0 Å². The van der Waals surface area contributed by atoms with Crippen LogP contribution in [0.3, 0.4) is 0 Å². The van der Waals surface area contributed by atoms with Gasteiger partial charge in [-0.15, -0.1) is 0 Å². The van der Waals surface area contributed by atoms with Crippen LogP contribution in [0.5, 0.6) is 5.75 Å². The molecule has 0 aliphatic carbocycles. The van der Waals surface area contributed by atoms with E-state index in [1.54, 1.807) is 61.5 Å². The van der Waals surface area contributed by atoms with E-state index >= 15 is 0 Å². The Balaban J connectivity index is 1.67. The molecule has 43 heavy (non-hydrogen) atoms. The van der Waals surface area contributed by atoms with E-state index in [1.165, 1.54) is 4.90 Å². The zero-order chi connectivity index (χ0) is 31.3. The van der Waals surface area contributed by atoms with Crippen LogP contribution in [0.25, 0.3) is 10.9 Å². The van der Waals surface area contributed by atoms with Crippen LogP contribution in [0.4, 0.5) is 0 Å². The average molecular weight is 645 g/mol. The van der Waals surface area contributed by atoms with Gasteiger partial charge >= 0.3 is 5.97 Å². The molecule has 4 rings (SSSR count). The number of aromatic nitrogens is 1. The lowest BCUT2D eigenvalue weighted by Gasteiger charge is -2.31. The predicted molar refractivity (Wildman–Crippen MR) is 169 cm³/mol. The summed E-state index contributed by atoms with van der Waals surface area (Å²) in [5.41, 5.74) is 1.91. The minimum atomic E-state index is -1.17. The number of rotatable bonds is 11. The number of esters is 1. The Morgan fingerprint density at radius 2 is 1.67 bits per heavy atom. The van der Waals surface area contributed by atoms with E-state index in [-0.39, 0.29) is 25.5 Å². The van der Waals surface area contributed by atoms with Crippen molar-refractivity contribution in [3.8, 4) is 5.75 Å². The lowest BCUT2D eigenvalue weighted by Crippen LogP contribution is -2.47. The highest BCUT2D eigenvalue weighted by Crippen LogP contribution is 2.35. The molecule has 2 amide bonds. The summed E-state index contributed by atoms with van der Waals surface area (Å²) in [7, 11) is 0. The van der Waals surface area contributed by atoms with Crippen molar-refractivity contribution in [2.75, 3.05) is 6.61 Å². The molecule has 0 aliphatic rings. The summed E-state index contributed by atoms with van der Waals surface area (Å²) < 4.78 is 11.2. The summed E-state index contributed by atoms with van der Waals surface area (Å²) >= 11 is 18.3. The van der Waals surface area contributed by atoms with Gasteiger partial charge in [-0.25, -0.2) is 4.79 Å². The Labute approximate surface area is 265 Å². The molecular formula is C32H32Cl3N3O5. The zero-order valence-corrected chi connectivity index (χ0v) is 26.4. The molecule has 226 valence electrons. The quantitative estimate of drug-likeness (QED) is 0.130. The summed E-state index contributed by atoms with van der Waals surface area (Å²) in [4.78, 5) is 44.0. The van der Waals surface area contributed by atoms with Gasteiger partial charge in [0.2, 0.25) is 12.3 Å². The number of hydrogen-bond donors (Lipinski definition) is 2. The first-order valence-corrected chi connectivity index (χ1v) is 14.7. The first kappa shape index (κ1) is 32.2. The van der Waals surface area contributed by atoms with Crippen molar-refractivity contribution >= 4 is 64.0 Å². The summed E-state index contributed by atoms with van der Waals surface area (Å²) in [6.07, 6.45) is 0.602. The second-order valence-corrected chi connectivity index (χ2v) is 12.2. The molecule has 0 radical (unpaired) electrons. The van der Waals surface area contributed by atoms with Gasteiger partial charge in [0, 0.05) is 33.6 Å². The molecule has 0 fully saturated rings. The van der Waals surface area contributed by atoms with Crippen LogP contribution in [0.15, 0.2) is 60.7 Å². The van der Waals surface area contributed by atoms with Crippen molar-refractivity contribution in [3.05, 3.63) is 98.1 Å². The first-order valence-electron chi connectivity index (χ1n) is 13.6. The number of carbonyl (C=O) groups is 3. The van der Waals surface area contributed by atoms with Crippen molar-refractivity contribution in [2.45, 2.75) is 52.4 Å². The fourth-order valence-corrected chi connectivity index (χ4v) is 5.11. The number of nitrogens with zero attached hydrogens (tertiary/aromatic N) is 1. The standard InChI is InChI=1S/C32H32Cl3N3O5/c1-5-42-31(41)28-27(23-12-9-21(33)15-26(23)36-28)29(30(40)37-32(2,3)4)38(18-39)16-19-6-10-22(11-7-19)43-17-20-8-13-24(34)25(35)14-20/h6-15,18,29,36H,5,16-17H2,1-4H3,(H,37,40). The number of benzene rings is 3. The molecule has 1 heterocycles. The van der Waals surface area contributed by atoms with Gasteiger partial charge in [0.25, 0.3) is 0 Å². The number of hydrogen-bond acceptors (Lipinski definition) is 5. The van der Waals surface area contributed by atoms with Crippen LogP contribution >= 0.6 is 34.8 Å². The molecule has 0 saturated carbocycles. The second kappa shape index (κ2) is 13.7. The Morgan fingerprint density at radius 3 is 2.30 bits per heavy atom. The smallest absolute Gasteiger partial charge is 0.355 e. The molecule has 0 saturated heterocycles. The van der Waals surface area contributed by atoms with Gasteiger partial charge in [-0.1, -0.05) is 59.1 Å². The summed E-state index contributed by atoms with van der Waals surface area (Å²) in [5, 5.41) is 4.89. The van der Waals surface area contributed by atoms with E-state index in [4.69, 9.17) is 44.3 Å². The maximum absolute atomic E-state index is 13.9. The number of ether oxygens (including phenoxy) is 2. The molecule has 3 aromatic carbocycles. The van der Waals surface area contributed by atoms with Crippen LogP contribution < -0.4 is 10.1 Å². The zero-order valence-electron chi connectivity index (χ0n) is 24.2. The lowest BCUT2D eigenvalue weighted by molar-refractivity contribution is -0.134. The van der Waals surface area contributed by atoms with Crippen molar-refractivity contribution in [3.63, 3.8) is 0 Å². The molecule has 4 aromatic rings. The van der Waals surface area contributed by atoms with Gasteiger partial charge in [0.1, 0.15) is 24.1 Å². The molecule has 11 heteroatoms. The number of H-pyrrole nitrogens is 1. The Bertz CT molecular complexity index is 1630. The van der Waals surface area contributed by atoms with Gasteiger partial charge < -0.3 is 24.7 Å². The Morgan fingerprint density at radius 1 is 0.977 bits per heavy atom. The summed E-state index contributed by atoms with van der Waals surface area (Å²) in [5.74, 6) is -0.497. The third-order valence-electron chi connectivity index (χ3n) is 6.45. The fraction of sp³-hybridized carbons (Fsp3) is 0.281. The maximum Gasteiger partial charge on any atom is 0.355 e. The molecule has 2 N–H and O–H groups in total. The van der Waals surface area contributed by atoms with E-state index in [1.807, 2.05) is 26.8 Å². The minimum Gasteiger partial charge on any atom is -0.489 e. The molecule has 0 bridgehead atoms. The molecular weight excluding hydrogens is 613 g/mol. The van der Waals surface area contributed by atoms with Gasteiger partial charge in [-0.3, -0.25) is 9.59 Å². The first-order chi connectivity index (χ1) is 20.4. The number of aromatic amines is 1.